The maximum Gasteiger partial charge on any atom is 0.315 e. The second-order valence-corrected chi connectivity index (χ2v) is 4.53. The van der Waals surface area contributed by atoms with E-state index in [1.807, 2.05) is 0 Å². The fourth-order valence-corrected chi connectivity index (χ4v) is 1.89. The van der Waals surface area contributed by atoms with Gasteiger partial charge in [0.05, 0.1) is 7.11 Å². The zero-order valence-corrected chi connectivity index (χ0v) is 11.2. The highest BCUT2D eigenvalue weighted by atomic mass is 16.5. The third kappa shape index (κ3) is 8.90. The van der Waals surface area contributed by atoms with Gasteiger partial charge in [-0.2, -0.15) is 0 Å². The number of hydrogen-bond donors (Lipinski definition) is 0. The molecule has 0 saturated heterocycles. The van der Waals surface area contributed by atoms with Gasteiger partial charge in [-0.05, 0) is 6.42 Å². The summed E-state index contributed by atoms with van der Waals surface area (Å²) in [5, 5.41) is 0. The van der Waals surface area contributed by atoms with Crippen LogP contribution in [0, 0.1) is 5.92 Å². The molecule has 0 aromatic rings. The number of methoxy groups -OCH3 is 1. The van der Waals surface area contributed by atoms with Crippen LogP contribution in [0.1, 0.15) is 64.7 Å². The molecule has 0 radical (unpaired) electrons. The lowest BCUT2D eigenvalue weighted by molar-refractivity contribution is -0.147. The van der Waals surface area contributed by atoms with Gasteiger partial charge in [-0.15, -0.1) is 0 Å². The summed E-state index contributed by atoms with van der Waals surface area (Å²) in [4.78, 5) is 21.8. The van der Waals surface area contributed by atoms with Crippen molar-refractivity contribution in [3.05, 3.63) is 0 Å². The van der Waals surface area contributed by atoms with Crippen LogP contribution in [0.3, 0.4) is 0 Å². The Bertz CT molecular complexity index is 202. The molecule has 17 heavy (non-hydrogen) atoms. The predicted octanol–water partition coefficient (Wildman–Crippen LogP) is 3.51. The van der Waals surface area contributed by atoms with E-state index in [0.29, 0.717) is 12.7 Å². The van der Waals surface area contributed by atoms with Crippen molar-refractivity contribution in [1.82, 2.24) is 0 Å². The molecule has 100 valence electrons. The molecule has 0 amide bonds. The van der Waals surface area contributed by atoms with E-state index < -0.39 is 11.9 Å². The Morgan fingerprint density at radius 2 is 1.59 bits per heavy atom. The van der Waals surface area contributed by atoms with Gasteiger partial charge in [0, 0.05) is 0 Å². The number of ether oxygens (including phenoxy) is 1. The molecule has 1 unspecified atom stereocenters. The smallest absolute Gasteiger partial charge is 0.315 e. The van der Waals surface area contributed by atoms with Crippen LogP contribution in [0.15, 0.2) is 0 Å². The SMILES string of the molecule is CCCCCCCCCCC(C=O)C(=O)OC. The molecule has 0 spiro atoms. The highest BCUT2D eigenvalue weighted by molar-refractivity contribution is 5.87. The molecule has 3 nitrogen and oxygen atoms in total. The second-order valence-electron chi connectivity index (χ2n) is 4.53. The molecule has 3 heteroatoms. The van der Waals surface area contributed by atoms with E-state index in [2.05, 4.69) is 11.7 Å². The first-order valence-corrected chi connectivity index (χ1v) is 6.79. The molecule has 0 aliphatic carbocycles. The Morgan fingerprint density at radius 1 is 1.06 bits per heavy atom. The highest BCUT2D eigenvalue weighted by Gasteiger charge is 2.16. The average Bonchev–Trinajstić information content (AvgIpc) is 2.36. The Balaban J connectivity index is 3.37. The van der Waals surface area contributed by atoms with Crippen molar-refractivity contribution in [1.29, 1.82) is 0 Å². The van der Waals surface area contributed by atoms with Crippen LogP contribution in [-0.4, -0.2) is 19.4 Å². The summed E-state index contributed by atoms with van der Waals surface area (Å²) in [5.74, 6) is -0.956. The maximum absolute atomic E-state index is 11.1. The van der Waals surface area contributed by atoms with Crippen molar-refractivity contribution in [2.24, 2.45) is 5.92 Å². The molecule has 0 saturated carbocycles. The van der Waals surface area contributed by atoms with E-state index in [1.165, 1.54) is 45.6 Å². The van der Waals surface area contributed by atoms with Crippen molar-refractivity contribution in [3.8, 4) is 0 Å². The van der Waals surface area contributed by atoms with Gasteiger partial charge in [-0.25, -0.2) is 0 Å². The monoisotopic (exact) mass is 242 g/mol. The van der Waals surface area contributed by atoms with Crippen molar-refractivity contribution in [3.63, 3.8) is 0 Å². The zero-order chi connectivity index (χ0) is 12.9. The van der Waals surface area contributed by atoms with Gasteiger partial charge < -0.3 is 9.53 Å². The Morgan fingerprint density at radius 3 is 2.06 bits per heavy atom. The molecule has 0 aromatic heterocycles. The van der Waals surface area contributed by atoms with Gasteiger partial charge in [0.2, 0.25) is 0 Å². The molecular weight excluding hydrogens is 216 g/mol. The van der Waals surface area contributed by atoms with Crippen LogP contribution in [0.5, 0.6) is 0 Å². The van der Waals surface area contributed by atoms with Gasteiger partial charge in [0.25, 0.3) is 0 Å². The number of hydrogen-bond acceptors (Lipinski definition) is 3. The van der Waals surface area contributed by atoms with Crippen LogP contribution in [0.2, 0.25) is 0 Å². The molecule has 0 heterocycles. The molecule has 0 bridgehead atoms. The summed E-state index contributed by atoms with van der Waals surface area (Å²) in [6.45, 7) is 2.21. The lowest BCUT2D eigenvalue weighted by Gasteiger charge is -2.07. The summed E-state index contributed by atoms with van der Waals surface area (Å²) < 4.78 is 4.56. The van der Waals surface area contributed by atoms with Crippen molar-refractivity contribution in [2.45, 2.75) is 64.7 Å². The number of unbranched alkanes of at least 4 members (excludes halogenated alkanes) is 7. The van der Waals surface area contributed by atoms with Gasteiger partial charge in [0.15, 0.2) is 0 Å². The molecular formula is C14H26O3. The van der Waals surface area contributed by atoms with Gasteiger partial charge in [-0.1, -0.05) is 58.3 Å². The van der Waals surface area contributed by atoms with E-state index in [0.717, 1.165) is 12.8 Å². The molecule has 0 N–H and O–H groups in total. The van der Waals surface area contributed by atoms with Crippen LogP contribution >= 0.6 is 0 Å². The average molecular weight is 242 g/mol. The third-order valence-corrected chi connectivity index (χ3v) is 3.04. The van der Waals surface area contributed by atoms with Crippen LogP contribution < -0.4 is 0 Å². The van der Waals surface area contributed by atoms with E-state index in [1.54, 1.807) is 0 Å². The number of carbonyl (C=O) groups is 2. The quantitative estimate of drug-likeness (QED) is 0.241. The van der Waals surface area contributed by atoms with Crippen molar-refractivity contribution < 1.29 is 14.3 Å². The third-order valence-electron chi connectivity index (χ3n) is 3.04. The first-order chi connectivity index (χ1) is 8.26. The first kappa shape index (κ1) is 16.1. The summed E-state index contributed by atoms with van der Waals surface area (Å²) in [5.41, 5.74) is 0. The fourth-order valence-electron chi connectivity index (χ4n) is 1.89. The molecule has 0 aliphatic rings. The normalized spacial score (nSPS) is 12.1. The van der Waals surface area contributed by atoms with Crippen LogP contribution in [0.4, 0.5) is 0 Å². The van der Waals surface area contributed by atoms with Gasteiger partial charge >= 0.3 is 5.97 Å². The van der Waals surface area contributed by atoms with E-state index in [4.69, 9.17) is 0 Å². The Hall–Kier alpha value is -0.860. The molecule has 0 aliphatic heterocycles. The second kappa shape index (κ2) is 11.6. The molecule has 1 atom stereocenters. The molecule has 0 aromatic carbocycles. The number of carbonyl (C=O) groups excluding carboxylic acids is 2. The maximum atomic E-state index is 11.1. The molecule has 0 rings (SSSR count). The lowest BCUT2D eigenvalue weighted by Crippen LogP contribution is -2.17. The zero-order valence-electron chi connectivity index (χ0n) is 11.2. The van der Waals surface area contributed by atoms with E-state index in [-0.39, 0.29) is 0 Å². The summed E-state index contributed by atoms with van der Waals surface area (Å²) in [6.07, 6.45) is 11.1. The van der Waals surface area contributed by atoms with Crippen LogP contribution in [0.25, 0.3) is 0 Å². The van der Waals surface area contributed by atoms with Crippen molar-refractivity contribution in [2.75, 3.05) is 7.11 Å². The number of aldehydes is 1. The van der Waals surface area contributed by atoms with E-state index >= 15 is 0 Å². The summed E-state index contributed by atoms with van der Waals surface area (Å²) in [7, 11) is 1.33. The van der Waals surface area contributed by atoms with E-state index in [9.17, 15) is 9.59 Å². The Labute approximate surface area is 105 Å². The summed E-state index contributed by atoms with van der Waals surface area (Å²) in [6, 6.07) is 0. The minimum atomic E-state index is -0.555. The highest BCUT2D eigenvalue weighted by Crippen LogP contribution is 2.13. The largest absolute Gasteiger partial charge is 0.468 e. The minimum Gasteiger partial charge on any atom is -0.468 e. The van der Waals surface area contributed by atoms with Crippen LogP contribution in [-0.2, 0) is 14.3 Å². The fraction of sp³-hybridized carbons (Fsp3) is 0.857. The predicted molar refractivity (Wildman–Crippen MR) is 68.8 cm³/mol. The number of esters is 1. The molecule has 0 fully saturated rings. The van der Waals surface area contributed by atoms with Gasteiger partial charge in [-0.3, -0.25) is 4.79 Å². The van der Waals surface area contributed by atoms with Gasteiger partial charge in [0.1, 0.15) is 12.2 Å². The lowest BCUT2D eigenvalue weighted by atomic mass is 10.0. The standard InChI is InChI=1S/C14H26O3/c1-3-4-5-6-7-8-9-10-11-13(12-15)14(16)17-2/h12-13H,3-11H2,1-2H3. The first-order valence-electron chi connectivity index (χ1n) is 6.79. The number of rotatable bonds is 11. The Kier molecular flexibility index (Phi) is 11.0. The topological polar surface area (TPSA) is 43.4 Å². The minimum absolute atomic E-state index is 0.400. The summed E-state index contributed by atoms with van der Waals surface area (Å²) >= 11 is 0. The van der Waals surface area contributed by atoms with Crippen molar-refractivity contribution >= 4 is 12.3 Å².